The summed E-state index contributed by atoms with van der Waals surface area (Å²) in [6, 6.07) is 21.8. The number of rotatable bonds is 12. The van der Waals surface area contributed by atoms with E-state index in [0.29, 0.717) is 46.5 Å². The number of ether oxygens (including phenoxy) is 2. The SMILES string of the molecule is Cc1c(COc2cc(OCc3cncc(C#N)c3)c(C=O)cc2Cl)cccc1-c1cccc(CC(=O)c2ccc(C=O)cn2)c1C. The maximum absolute atomic E-state index is 13.0. The standard InChI is InChI=1S/C37H28ClN3O5/c1-23-28(13-35(44)34-10-9-25(19-42)18-41-34)5-3-7-31(23)32-8-4-6-29(24(32)2)22-46-37-14-36(30(20-43)12-33(37)38)45-21-27-11-26(15-39)16-40-17-27/h3-12,14,16-20H,13,21-22H2,1-2H3. The van der Waals surface area contributed by atoms with Crippen LogP contribution in [0.4, 0.5) is 0 Å². The minimum atomic E-state index is -0.134. The van der Waals surface area contributed by atoms with Crippen LogP contribution in [0.3, 0.4) is 0 Å². The average Bonchev–Trinajstić information content (AvgIpc) is 3.08. The number of aromatic nitrogens is 2. The maximum Gasteiger partial charge on any atom is 0.185 e. The fraction of sp³-hybridized carbons (Fsp3) is 0.135. The molecule has 0 aliphatic carbocycles. The largest absolute Gasteiger partial charge is 0.488 e. The summed E-state index contributed by atoms with van der Waals surface area (Å²) < 4.78 is 12.0. The summed E-state index contributed by atoms with van der Waals surface area (Å²) >= 11 is 6.48. The van der Waals surface area contributed by atoms with E-state index in [-0.39, 0.29) is 36.0 Å². The average molecular weight is 630 g/mol. The molecular formula is C37H28ClN3O5. The van der Waals surface area contributed by atoms with Crippen molar-refractivity contribution in [2.24, 2.45) is 0 Å². The highest BCUT2D eigenvalue weighted by Gasteiger charge is 2.16. The molecule has 0 aliphatic rings. The Kier molecular flexibility index (Phi) is 9.96. The minimum Gasteiger partial charge on any atom is -0.488 e. The Hall–Kier alpha value is -5.65. The molecule has 9 heteroatoms. The fourth-order valence-corrected chi connectivity index (χ4v) is 5.25. The molecule has 0 saturated heterocycles. The van der Waals surface area contributed by atoms with Crippen LogP contribution in [0.2, 0.25) is 5.02 Å². The number of ketones is 1. The number of nitrogens with zero attached hydrogens (tertiary/aromatic N) is 3. The zero-order valence-corrected chi connectivity index (χ0v) is 25.9. The smallest absolute Gasteiger partial charge is 0.185 e. The summed E-state index contributed by atoms with van der Waals surface area (Å²) in [5.41, 5.74) is 7.86. The van der Waals surface area contributed by atoms with Gasteiger partial charge in [-0.3, -0.25) is 24.4 Å². The predicted molar refractivity (Wildman–Crippen MR) is 173 cm³/mol. The number of carbonyl (C=O) groups excluding carboxylic acids is 3. The van der Waals surface area contributed by atoms with Gasteiger partial charge in [-0.25, -0.2) is 0 Å². The second kappa shape index (κ2) is 14.4. The van der Waals surface area contributed by atoms with E-state index in [1.54, 1.807) is 30.5 Å². The van der Waals surface area contributed by atoms with Crippen molar-refractivity contribution in [3.05, 3.63) is 141 Å². The van der Waals surface area contributed by atoms with E-state index in [0.717, 1.165) is 33.4 Å². The second-order valence-electron chi connectivity index (χ2n) is 10.6. The van der Waals surface area contributed by atoms with Crippen LogP contribution in [0.25, 0.3) is 11.1 Å². The highest BCUT2D eigenvalue weighted by molar-refractivity contribution is 6.32. The number of Topliss-reactive ketones (excluding diaryl/α,β-unsaturated/α-hetero) is 1. The molecule has 0 fully saturated rings. The molecule has 0 radical (unpaired) electrons. The van der Waals surface area contributed by atoms with Crippen LogP contribution in [0.5, 0.6) is 11.5 Å². The quantitative estimate of drug-likeness (QED) is 0.103. The molecule has 0 spiro atoms. The Morgan fingerprint density at radius 1 is 0.848 bits per heavy atom. The van der Waals surface area contributed by atoms with E-state index >= 15 is 0 Å². The molecule has 0 bridgehead atoms. The summed E-state index contributed by atoms with van der Waals surface area (Å²) in [4.78, 5) is 43.8. The molecule has 0 N–H and O–H groups in total. The second-order valence-corrected chi connectivity index (χ2v) is 11.0. The Bertz CT molecular complexity index is 1980. The van der Waals surface area contributed by atoms with Gasteiger partial charge in [0.1, 0.15) is 36.5 Å². The molecule has 5 aromatic rings. The van der Waals surface area contributed by atoms with Gasteiger partial charge in [0.25, 0.3) is 0 Å². The lowest BCUT2D eigenvalue weighted by atomic mass is 9.90. The molecule has 46 heavy (non-hydrogen) atoms. The number of benzene rings is 3. The van der Waals surface area contributed by atoms with Gasteiger partial charge in [0.2, 0.25) is 0 Å². The first-order valence-electron chi connectivity index (χ1n) is 14.3. The third-order valence-electron chi connectivity index (χ3n) is 7.63. The summed E-state index contributed by atoms with van der Waals surface area (Å²) in [6.45, 7) is 4.30. The van der Waals surface area contributed by atoms with Crippen molar-refractivity contribution in [2.75, 3.05) is 0 Å². The van der Waals surface area contributed by atoms with Crippen LogP contribution in [0, 0.1) is 25.2 Å². The number of pyridine rings is 2. The van der Waals surface area contributed by atoms with Gasteiger partial charge in [0, 0.05) is 42.2 Å². The van der Waals surface area contributed by atoms with E-state index in [4.69, 9.17) is 26.3 Å². The zero-order valence-electron chi connectivity index (χ0n) is 25.1. The van der Waals surface area contributed by atoms with Crippen molar-refractivity contribution >= 4 is 30.0 Å². The lowest BCUT2D eigenvalue weighted by Gasteiger charge is -2.17. The molecule has 228 valence electrons. The first kappa shape index (κ1) is 31.8. The summed E-state index contributed by atoms with van der Waals surface area (Å²) in [5.74, 6) is 0.506. The van der Waals surface area contributed by atoms with Gasteiger partial charge in [0.15, 0.2) is 18.4 Å². The topological polar surface area (TPSA) is 119 Å². The maximum atomic E-state index is 13.0. The fourth-order valence-electron chi connectivity index (χ4n) is 5.02. The summed E-state index contributed by atoms with van der Waals surface area (Å²) in [6.07, 6.45) is 5.97. The van der Waals surface area contributed by atoms with E-state index in [1.807, 2.05) is 56.3 Å². The van der Waals surface area contributed by atoms with Gasteiger partial charge in [-0.2, -0.15) is 5.26 Å². The van der Waals surface area contributed by atoms with E-state index in [1.165, 1.54) is 18.5 Å². The van der Waals surface area contributed by atoms with Crippen molar-refractivity contribution in [2.45, 2.75) is 33.5 Å². The Morgan fingerprint density at radius 2 is 1.57 bits per heavy atom. The number of hydrogen-bond acceptors (Lipinski definition) is 8. The molecule has 5 rings (SSSR count). The normalized spacial score (nSPS) is 10.6. The highest BCUT2D eigenvalue weighted by atomic mass is 35.5. The van der Waals surface area contributed by atoms with Gasteiger partial charge >= 0.3 is 0 Å². The van der Waals surface area contributed by atoms with E-state index < -0.39 is 0 Å². The monoisotopic (exact) mass is 629 g/mol. The van der Waals surface area contributed by atoms with Crippen LogP contribution in [-0.4, -0.2) is 28.3 Å². The Morgan fingerprint density at radius 3 is 2.24 bits per heavy atom. The molecule has 3 aromatic carbocycles. The van der Waals surface area contributed by atoms with Crippen LogP contribution in [-0.2, 0) is 19.6 Å². The van der Waals surface area contributed by atoms with E-state index in [2.05, 4.69) is 9.97 Å². The van der Waals surface area contributed by atoms with Gasteiger partial charge in [-0.05, 0) is 71.5 Å². The van der Waals surface area contributed by atoms with Crippen molar-refractivity contribution in [3.8, 4) is 28.7 Å². The minimum absolute atomic E-state index is 0.0958. The van der Waals surface area contributed by atoms with Crippen molar-refractivity contribution in [1.82, 2.24) is 9.97 Å². The first-order valence-corrected chi connectivity index (χ1v) is 14.7. The van der Waals surface area contributed by atoms with Gasteiger partial charge in [-0.1, -0.05) is 48.0 Å². The molecule has 0 unspecified atom stereocenters. The molecular weight excluding hydrogens is 602 g/mol. The predicted octanol–water partition coefficient (Wildman–Crippen LogP) is 7.49. The molecule has 0 saturated carbocycles. The third kappa shape index (κ3) is 7.17. The van der Waals surface area contributed by atoms with Crippen molar-refractivity contribution in [3.63, 3.8) is 0 Å². The van der Waals surface area contributed by atoms with Crippen LogP contribution >= 0.6 is 11.6 Å². The number of hydrogen-bond donors (Lipinski definition) is 0. The van der Waals surface area contributed by atoms with Gasteiger partial charge < -0.3 is 9.47 Å². The lowest BCUT2D eigenvalue weighted by molar-refractivity contribution is 0.0986. The van der Waals surface area contributed by atoms with Gasteiger partial charge in [-0.15, -0.1) is 0 Å². The summed E-state index contributed by atoms with van der Waals surface area (Å²) in [5, 5.41) is 9.39. The third-order valence-corrected chi connectivity index (χ3v) is 7.93. The molecule has 0 amide bonds. The molecule has 2 aromatic heterocycles. The van der Waals surface area contributed by atoms with E-state index in [9.17, 15) is 14.4 Å². The van der Waals surface area contributed by atoms with Crippen molar-refractivity contribution < 1.29 is 23.9 Å². The van der Waals surface area contributed by atoms with Crippen LogP contribution < -0.4 is 9.47 Å². The first-order chi connectivity index (χ1) is 22.3. The number of halogens is 1. The number of nitriles is 1. The Balaban J connectivity index is 1.34. The highest BCUT2D eigenvalue weighted by Crippen LogP contribution is 2.35. The number of carbonyl (C=O) groups is 3. The van der Waals surface area contributed by atoms with Crippen molar-refractivity contribution in [1.29, 1.82) is 5.26 Å². The molecule has 8 nitrogen and oxygen atoms in total. The Labute approximate surface area is 271 Å². The lowest BCUT2D eigenvalue weighted by Crippen LogP contribution is -2.08. The number of aldehydes is 2. The van der Waals surface area contributed by atoms with Crippen LogP contribution in [0.15, 0.2) is 85.3 Å². The zero-order chi connectivity index (χ0) is 32.6. The molecule has 0 atom stereocenters. The van der Waals surface area contributed by atoms with Crippen LogP contribution in [0.1, 0.15) is 64.6 Å². The summed E-state index contributed by atoms with van der Waals surface area (Å²) in [7, 11) is 0. The van der Waals surface area contributed by atoms with Gasteiger partial charge in [0.05, 0.1) is 16.1 Å². The molecule has 0 aliphatic heterocycles. The molecule has 2 heterocycles.